The molecule has 1 N–H and O–H groups in total. The zero-order chi connectivity index (χ0) is 19.7. The van der Waals surface area contributed by atoms with Crippen molar-refractivity contribution in [2.75, 3.05) is 5.75 Å². The van der Waals surface area contributed by atoms with Gasteiger partial charge >= 0.3 is 5.97 Å². The molecule has 0 saturated carbocycles. The Morgan fingerprint density at radius 3 is 2.46 bits per heavy atom. The smallest absolute Gasteiger partial charge is 0.330 e. The first-order chi connectivity index (χ1) is 13.6. The molecule has 0 spiro atoms. The first-order valence-corrected chi connectivity index (χ1v) is 9.75. The number of β-lactam (4-membered cyclic amide) rings is 1. The molecule has 1 fully saturated rings. The van der Waals surface area contributed by atoms with Gasteiger partial charge in [-0.05, 0) is 29.8 Å². The van der Waals surface area contributed by atoms with Crippen LogP contribution >= 0.6 is 11.8 Å². The Labute approximate surface area is 166 Å². The minimum Gasteiger partial charge on any atom is -0.479 e. The normalized spacial score (nSPS) is 21.2. The van der Waals surface area contributed by atoms with Crippen LogP contribution < -0.4 is 0 Å². The molecular formula is C21H18N2O4S. The van der Waals surface area contributed by atoms with E-state index < -0.39 is 24.3 Å². The average molecular weight is 394 g/mol. The highest BCUT2D eigenvalue weighted by molar-refractivity contribution is 7.99. The highest BCUT2D eigenvalue weighted by Crippen LogP contribution is 2.35. The number of carbonyl (C=O) groups is 2. The molecular weight excluding hydrogens is 376 g/mol. The molecule has 7 heteroatoms. The molecule has 2 heterocycles. The van der Waals surface area contributed by atoms with Gasteiger partial charge in [0.05, 0.1) is 0 Å². The maximum atomic E-state index is 12.6. The maximum absolute atomic E-state index is 12.6. The summed E-state index contributed by atoms with van der Waals surface area (Å²) < 4.78 is 5.82. The van der Waals surface area contributed by atoms with Crippen LogP contribution in [0.15, 0.2) is 82.7 Å². The summed E-state index contributed by atoms with van der Waals surface area (Å²) in [5.41, 5.74) is 1.19. The maximum Gasteiger partial charge on any atom is 0.330 e. The summed E-state index contributed by atoms with van der Waals surface area (Å²) in [4.78, 5) is 31.1. The second-order valence-electron chi connectivity index (χ2n) is 6.50. The number of carboxylic acid groups (broad SMARTS) is 1. The van der Waals surface area contributed by atoms with Crippen molar-refractivity contribution >= 4 is 29.5 Å². The molecule has 4 rings (SSSR count). The summed E-state index contributed by atoms with van der Waals surface area (Å²) in [6.45, 7) is 3.93. The molecule has 2 aliphatic rings. The van der Waals surface area contributed by atoms with E-state index in [0.29, 0.717) is 17.2 Å². The van der Waals surface area contributed by atoms with Crippen LogP contribution in [-0.4, -0.2) is 51.8 Å². The van der Waals surface area contributed by atoms with Gasteiger partial charge in [0.15, 0.2) is 12.1 Å². The van der Waals surface area contributed by atoms with E-state index in [1.54, 1.807) is 0 Å². The third-order valence-corrected chi connectivity index (χ3v) is 5.75. The van der Waals surface area contributed by atoms with Gasteiger partial charge in [-0.2, -0.15) is 0 Å². The Morgan fingerprint density at radius 2 is 1.82 bits per heavy atom. The Morgan fingerprint density at radius 1 is 1.18 bits per heavy atom. The second kappa shape index (κ2) is 7.52. The summed E-state index contributed by atoms with van der Waals surface area (Å²) in [6, 6.07) is 17.0. The van der Waals surface area contributed by atoms with Gasteiger partial charge in [-0.1, -0.05) is 43.0 Å². The van der Waals surface area contributed by atoms with E-state index in [9.17, 15) is 14.7 Å². The zero-order valence-corrected chi connectivity index (χ0v) is 15.7. The number of thioether (sulfide) groups is 1. The van der Waals surface area contributed by atoms with E-state index in [2.05, 4.69) is 11.6 Å². The van der Waals surface area contributed by atoms with Gasteiger partial charge < -0.3 is 9.84 Å². The number of aliphatic imine (C=N–C) groups is 1. The molecule has 1 saturated heterocycles. The van der Waals surface area contributed by atoms with E-state index >= 15 is 0 Å². The lowest BCUT2D eigenvalue weighted by molar-refractivity contribution is -0.174. The van der Waals surface area contributed by atoms with Crippen LogP contribution in [0.2, 0.25) is 0 Å². The number of fused-ring (bicyclic) bond motifs is 1. The summed E-state index contributed by atoms with van der Waals surface area (Å²) in [7, 11) is 0. The third kappa shape index (κ3) is 3.29. The fourth-order valence-corrected chi connectivity index (χ4v) is 4.10. The Balaban J connectivity index is 1.47. The van der Waals surface area contributed by atoms with E-state index in [-0.39, 0.29) is 5.91 Å². The SMILES string of the molecule is C=C(CSc1ccccc1)[C@H](C(=O)O)N1C(=O)C2N=C(c3ccccc3)OC21. The lowest BCUT2D eigenvalue weighted by Gasteiger charge is -2.44. The number of hydrogen-bond acceptors (Lipinski definition) is 5. The largest absolute Gasteiger partial charge is 0.479 e. The number of aliphatic carboxylic acids is 1. The minimum absolute atomic E-state index is 0.353. The zero-order valence-electron chi connectivity index (χ0n) is 14.9. The molecule has 1 amide bonds. The Hall–Kier alpha value is -3.06. The Kier molecular flexibility index (Phi) is 4.92. The summed E-state index contributed by atoms with van der Waals surface area (Å²) in [5.74, 6) is -0.731. The van der Waals surface area contributed by atoms with Crippen LogP contribution in [0.25, 0.3) is 0 Å². The predicted octanol–water partition coefficient (Wildman–Crippen LogP) is 2.80. The van der Waals surface area contributed by atoms with Crippen LogP contribution in [-0.2, 0) is 14.3 Å². The molecule has 3 atom stereocenters. The quantitative estimate of drug-likeness (QED) is 0.444. The molecule has 0 aliphatic carbocycles. The number of amides is 1. The van der Waals surface area contributed by atoms with E-state index in [1.165, 1.54) is 16.7 Å². The number of likely N-dealkylation sites (tertiary alicyclic amines) is 1. The van der Waals surface area contributed by atoms with E-state index in [1.807, 2.05) is 60.7 Å². The van der Waals surface area contributed by atoms with Crippen LogP contribution in [0.5, 0.6) is 0 Å². The summed E-state index contributed by atoms with van der Waals surface area (Å²) in [6.07, 6.45) is -0.706. The third-order valence-electron chi connectivity index (χ3n) is 4.63. The Bertz CT molecular complexity index is 945. The number of ether oxygens (including phenoxy) is 1. The van der Waals surface area contributed by atoms with Crippen LogP contribution in [0.1, 0.15) is 5.56 Å². The standard InChI is InChI=1S/C21H18N2O4S/c1-13(12-28-15-10-6-3-7-11-15)17(21(25)26)23-19(24)16-20(23)27-18(22-16)14-8-4-2-5-9-14/h2-11,16-17,20H,1,12H2,(H,25,26)/t16?,17-,20?/m1/s1. The number of benzene rings is 2. The van der Waals surface area contributed by atoms with Gasteiger partial charge in [0.1, 0.15) is 0 Å². The topological polar surface area (TPSA) is 79.2 Å². The molecule has 0 aromatic heterocycles. The lowest BCUT2D eigenvalue weighted by atomic mass is 9.98. The van der Waals surface area contributed by atoms with Crippen LogP contribution in [0, 0.1) is 0 Å². The predicted molar refractivity (Wildman–Crippen MR) is 106 cm³/mol. The van der Waals surface area contributed by atoms with Gasteiger partial charge in [0, 0.05) is 16.2 Å². The monoisotopic (exact) mass is 394 g/mol. The van der Waals surface area contributed by atoms with Crippen molar-refractivity contribution in [1.82, 2.24) is 4.90 Å². The fraction of sp³-hybridized carbons (Fsp3) is 0.190. The first-order valence-electron chi connectivity index (χ1n) is 8.76. The number of hydrogen-bond donors (Lipinski definition) is 1. The minimum atomic E-state index is -1.14. The highest BCUT2D eigenvalue weighted by atomic mass is 32.2. The molecule has 2 aliphatic heterocycles. The van der Waals surface area contributed by atoms with Crippen LogP contribution in [0.4, 0.5) is 0 Å². The van der Waals surface area contributed by atoms with Crippen molar-refractivity contribution < 1.29 is 19.4 Å². The molecule has 2 aromatic rings. The molecule has 2 aromatic carbocycles. The number of nitrogens with zero attached hydrogens (tertiary/aromatic N) is 2. The number of carbonyl (C=O) groups excluding carboxylic acids is 1. The molecule has 2 unspecified atom stereocenters. The van der Waals surface area contributed by atoms with Crippen molar-refractivity contribution in [3.63, 3.8) is 0 Å². The summed E-state index contributed by atoms with van der Waals surface area (Å²) >= 11 is 1.48. The molecule has 28 heavy (non-hydrogen) atoms. The highest BCUT2D eigenvalue weighted by Gasteiger charge is 2.58. The average Bonchev–Trinajstić information content (AvgIpc) is 3.11. The van der Waals surface area contributed by atoms with Crippen LogP contribution in [0.3, 0.4) is 0 Å². The van der Waals surface area contributed by atoms with Gasteiger partial charge in [-0.3, -0.25) is 9.69 Å². The van der Waals surface area contributed by atoms with Gasteiger partial charge in [0.2, 0.25) is 12.1 Å². The second-order valence-corrected chi connectivity index (χ2v) is 7.55. The van der Waals surface area contributed by atoms with Crippen molar-refractivity contribution in [1.29, 1.82) is 0 Å². The van der Waals surface area contributed by atoms with Crippen molar-refractivity contribution in [3.05, 3.63) is 78.4 Å². The first kappa shape index (κ1) is 18.3. The van der Waals surface area contributed by atoms with Crippen molar-refractivity contribution in [3.8, 4) is 0 Å². The van der Waals surface area contributed by atoms with Gasteiger partial charge in [-0.15, -0.1) is 11.8 Å². The number of carboxylic acids is 1. The van der Waals surface area contributed by atoms with Crippen molar-refractivity contribution in [2.24, 2.45) is 4.99 Å². The molecule has 0 bridgehead atoms. The van der Waals surface area contributed by atoms with Gasteiger partial charge in [-0.25, -0.2) is 9.79 Å². The molecule has 142 valence electrons. The lowest BCUT2D eigenvalue weighted by Crippen LogP contribution is -2.68. The molecule has 0 radical (unpaired) electrons. The van der Waals surface area contributed by atoms with Gasteiger partial charge in [0.25, 0.3) is 5.91 Å². The van der Waals surface area contributed by atoms with E-state index in [0.717, 1.165) is 10.5 Å². The number of rotatable bonds is 7. The molecule has 6 nitrogen and oxygen atoms in total. The fourth-order valence-electron chi connectivity index (χ4n) is 3.24. The van der Waals surface area contributed by atoms with Crippen molar-refractivity contribution in [2.45, 2.75) is 23.2 Å². The van der Waals surface area contributed by atoms with E-state index in [4.69, 9.17) is 4.74 Å². The summed E-state index contributed by atoms with van der Waals surface area (Å²) in [5, 5.41) is 9.74.